The topological polar surface area (TPSA) is 46.9 Å². The number of rotatable bonds is 4. The summed E-state index contributed by atoms with van der Waals surface area (Å²) in [5, 5.41) is 7.24. The van der Waals surface area contributed by atoms with E-state index in [9.17, 15) is 4.79 Å². The number of carbonyl (C=O) groups excluding carboxylic acids is 1. The van der Waals surface area contributed by atoms with Gasteiger partial charge in [0.2, 0.25) is 5.91 Å². The molecule has 1 heterocycles. The number of anilines is 1. The third-order valence-corrected chi connectivity index (χ3v) is 3.85. The normalized spacial score (nSPS) is 13.0. The highest BCUT2D eigenvalue weighted by atomic mass is 16.1. The number of benzene rings is 1. The number of nitrogens with zero attached hydrogens (tertiary/aromatic N) is 2. The van der Waals surface area contributed by atoms with Crippen LogP contribution in [-0.4, -0.2) is 15.7 Å². The maximum absolute atomic E-state index is 12.1. The van der Waals surface area contributed by atoms with Crippen molar-refractivity contribution in [2.24, 2.45) is 11.3 Å². The van der Waals surface area contributed by atoms with Crippen molar-refractivity contribution >= 4 is 11.7 Å². The number of carbonyl (C=O) groups is 1. The van der Waals surface area contributed by atoms with Crippen LogP contribution in [0.5, 0.6) is 0 Å². The van der Waals surface area contributed by atoms with Crippen molar-refractivity contribution in [3.05, 3.63) is 42.6 Å². The van der Waals surface area contributed by atoms with E-state index >= 15 is 0 Å². The third-order valence-electron chi connectivity index (χ3n) is 3.85. The van der Waals surface area contributed by atoms with Gasteiger partial charge in [-0.25, -0.2) is 4.68 Å². The molecule has 0 aliphatic rings. The molecule has 1 unspecified atom stereocenters. The number of para-hydroxylation sites is 1. The minimum Gasteiger partial charge on any atom is -0.309 e. The van der Waals surface area contributed by atoms with Gasteiger partial charge < -0.3 is 5.32 Å². The van der Waals surface area contributed by atoms with Crippen LogP contribution in [0.25, 0.3) is 5.69 Å². The van der Waals surface area contributed by atoms with E-state index in [0.29, 0.717) is 18.2 Å². The Bertz CT molecular complexity index is 596. The summed E-state index contributed by atoms with van der Waals surface area (Å²) in [6.07, 6.45) is 2.35. The molecule has 4 nitrogen and oxygen atoms in total. The fourth-order valence-electron chi connectivity index (χ4n) is 1.89. The van der Waals surface area contributed by atoms with Crippen LogP contribution in [0.3, 0.4) is 0 Å². The van der Waals surface area contributed by atoms with Gasteiger partial charge in [0.1, 0.15) is 0 Å². The first-order valence-corrected chi connectivity index (χ1v) is 7.27. The SMILES string of the molecule is CC(CC(=O)Nc1ccn(-c2ccccc2)n1)C(C)(C)C. The largest absolute Gasteiger partial charge is 0.309 e. The highest BCUT2D eigenvalue weighted by Gasteiger charge is 2.22. The second kappa shape index (κ2) is 6.12. The average Bonchev–Trinajstić information content (AvgIpc) is 2.87. The average molecular weight is 285 g/mol. The van der Waals surface area contributed by atoms with E-state index in [1.807, 2.05) is 42.6 Å². The minimum absolute atomic E-state index is 0.00994. The molecular weight excluding hydrogens is 262 g/mol. The number of amides is 1. The zero-order chi connectivity index (χ0) is 15.5. The summed E-state index contributed by atoms with van der Waals surface area (Å²) in [5.74, 6) is 0.911. The molecule has 1 aromatic carbocycles. The summed E-state index contributed by atoms with van der Waals surface area (Å²) < 4.78 is 1.75. The number of nitrogens with one attached hydrogen (secondary N) is 1. The molecule has 2 aromatic rings. The Labute approximate surface area is 126 Å². The van der Waals surface area contributed by atoms with Crippen molar-refractivity contribution in [2.45, 2.75) is 34.1 Å². The number of hydrogen-bond donors (Lipinski definition) is 1. The first kappa shape index (κ1) is 15.3. The van der Waals surface area contributed by atoms with Crippen LogP contribution in [0.2, 0.25) is 0 Å². The van der Waals surface area contributed by atoms with Crippen LogP contribution in [0.15, 0.2) is 42.6 Å². The summed E-state index contributed by atoms with van der Waals surface area (Å²) in [5.41, 5.74) is 1.10. The lowest BCUT2D eigenvalue weighted by atomic mass is 9.80. The molecule has 21 heavy (non-hydrogen) atoms. The molecule has 0 saturated carbocycles. The van der Waals surface area contributed by atoms with Crippen molar-refractivity contribution in [1.29, 1.82) is 0 Å². The zero-order valence-electron chi connectivity index (χ0n) is 13.1. The Morgan fingerprint density at radius 1 is 1.24 bits per heavy atom. The van der Waals surface area contributed by atoms with Crippen LogP contribution >= 0.6 is 0 Å². The van der Waals surface area contributed by atoms with Crippen molar-refractivity contribution < 1.29 is 4.79 Å². The fraction of sp³-hybridized carbons (Fsp3) is 0.412. The molecule has 1 atom stereocenters. The van der Waals surface area contributed by atoms with Crippen LogP contribution in [0.4, 0.5) is 5.82 Å². The summed E-state index contributed by atoms with van der Waals surface area (Å²) in [6.45, 7) is 8.54. The lowest BCUT2D eigenvalue weighted by Gasteiger charge is -2.26. The van der Waals surface area contributed by atoms with Gasteiger partial charge in [-0.2, -0.15) is 5.10 Å². The molecule has 1 amide bonds. The molecular formula is C17H23N3O. The summed E-state index contributed by atoms with van der Waals surface area (Å²) in [4.78, 5) is 12.1. The molecule has 1 aromatic heterocycles. The second-order valence-electron chi connectivity index (χ2n) is 6.50. The molecule has 0 spiro atoms. The smallest absolute Gasteiger partial charge is 0.225 e. The maximum Gasteiger partial charge on any atom is 0.225 e. The van der Waals surface area contributed by atoms with Gasteiger partial charge in [0.05, 0.1) is 5.69 Å². The van der Waals surface area contributed by atoms with E-state index in [0.717, 1.165) is 5.69 Å². The van der Waals surface area contributed by atoms with Gasteiger partial charge in [-0.1, -0.05) is 45.9 Å². The molecule has 0 saturated heterocycles. The molecule has 2 rings (SSSR count). The van der Waals surface area contributed by atoms with E-state index < -0.39 is 0 Å². The molecule has 1 N–H and O–H groups in total. The first-order chi connectivity index (χ1) is 9.86. The van der Waals surface area contributed by atoms with E-state index in [2.05, 4.69) is 38.1 Å². The van der Waals surface area contributed by atoms with Crippen molar-refractivity contribution in [3.8, 4) is 5.69 Å². The van der Waals surface area contributed by atoms with Crippen molar-refractivity contribution in [2.75, 3.05) is 5.32 Å². The van der Waals surface area contributed by atoms with E-state index in [4.69, 9.17) is 0 Å². The first-order valence-electron chi connectivity index (χ1n) is 7.27. The summed E-state index contributed by atoms with van der Waals surface area (Å²) in [7, 11) is 0. The summed E-state index contributed by atoms with van der Waals surface area (Å²) >= 11 is 0. The van der Waals surface area contributed by atoms with Gasteiger partial charge in [-0.3, -0.25) is 4.79 Å². The van der Waals surface area contributed by atoms with Gasteiger partial charge in [-0.05, 0) is 23.5 Å². The zero-order valence-corrected chi connectivity index (χ0v) is 13.1. The Hall–Kier alpha value is -2.10. The number of hydrogen-bond acceptors (Lipinski definition) is 2. The lowest BCUT2D eigenvalue weighted by molar-refractivity contribution is -0.117. The molecule has 0 aliphatic carbocycles. The lowest BCUT2D eigenvalue weighted by Crippen LogP contribution is -2.24. The molecule has 0 bridgehead atoms. The summed E-state index contributed by atoms with van der Waals surface area (Å²) in [6, 6.07) is 11.6. The monoisotopic (exact) mass is 285 g/mol. The van der Waals surface area contributed by atoms with Crippen LogP contribution in [0, 0.1) is 11.3 Å². The Balaban J connectivity index is 1.98. The van der Waals surface area contributed by atoms with Crippen LogP contribution in [0.1, 0.15) is 34.1 Å². The molecule has 0 aliphatic heterocycles. The van der Waals surface area contributed by atoms with E-state index in [-0.39, 0.29) is 11.3 Å². The highest BCUT2D eigenvalue weighted by molar-refractivity contribution is 5.89. The standard InChI is InChI=1S/C17H23N3O/c1-13(17(2,3)4)12-16(21)18-15-10-11-20(19-15)14-8-6-5-7-9-14/h5-11,13H,12H2,1-4H3,(H,18,19,21). The minimum atomic E-state index is 0.00994. The van der Waals surface area contributed by atoms with E-state index in [1.54, 1.807) is 4.68 Å². The van der Waals surface area contributed by atoms with Crippen molar-refractivity contribution in [1.82, 2.24) is 9.78 Å². The van der Waals surface area contributed by atoms with Gasteiger partial charge >= 0.3 is 0 Å². The van der Waals surface area contributed by atoms with E-state index in [1.165, 1.54) is 0 Å². The van der Waals surface area contributed by atoms with Crippen LogP contribution in [-0.2, 0) is 4.79 Å². The quantitative estimate of drug-likeness (QED) is 0.926. The number of aromatic nitrogens is 2. The van der Waals surface area contributed by atoms with Gasteiger partial charge in [0.15, 0.2) is 5.82 Å². The van der Waals surface area contributed by atoms with Gasteiger partial charge in [-0.15, -0.1) is 0 Å². The predicted octanol–water partition coefficient (Wildman–Crippen LogP) is 3.88. The second-order valence-corrected chi connectivity index (χ2v) is 6.50. The third kappa shape index (κ3) is 4.18. The van der Waals surface area contributed by atoms with Gasteiger partial charge in [0.25, 0.3) is 0 Å². The molecule has 0 radical (unpaired) electrons. The predicted molar refractivity (Wildman–Crippen MR) is 85.4 cm³/mol. The van der Waals surface area contributed by atoms with Gasteiger partial charge in [0, 0.05) is 18.7 Å². The Kier molecular flexibility index (Phi) is 4.46. The van der Waals surface area contributed by atoms with Crippen molar-refractivity contribution in [3.63, 3.8) is 0 Å². The Morgan fingerprint density at radius 3 is 2.52 bits per heavy atom. The maximum atomic E-state index is 12.1. The molecule has 112 valence electrons. The Morgan fingerprint density at radius 2 is 1.90 bits per heavy atom. The molecule has 4 heteroatoms. The fourth-order valence-corrected chi connectivity index (χ4v) is 1.89. The highest BCUT2D eigenvalue weighted by Crippen LogP contribution is 2.28. The van der Waals surface area contributed by atoms with Crippen LogP contribution < -0.4 is 5.32 Å². The molecule has 0 fully saturated rings.